The SMILES string of the molecule is NC(=O)Cc1ncc(Br)cn1. The molecule has 0 spiro atoms. The Morgan fingerprint density at radius 2 is 2.09 bits per heavy atom. The fraction of sp³-hybridized carbons (Fsp3) is 0.167. The van der Waals surface area contributed by atoms with E-state index in [0.29, 0.717) is 5.82 Å². The van der Waals surface area contributed by atoms with Gasteiger partial charge in [-0.2, -0.15) is 0 Å². The summed E-state index contributed by atoms with van der Waals surface area (Å²) in [5, 5.41) is 0. The summed E-state index contributed by atoms with van der Waals surface area (Å²) in [4.78, 5) is 18.1. The van der Waals surface area contributed by atoms with Gasteiger partial charge in [-0.3, -0.25) is 4.79 Å². The van der Waals surface area contributed by atoms with Crippen LogP contribution in [0.25, 0.3) is 0 Å². The number of hydrogen-bond acceptors (Lipinski definition) is 3. The number of nitrogens with zero attached hydrogens (tertiary/aromatic N) is 2. The van der Waals surface area contributed by atoms with Crippen molar-refractivity contribution >= 4 is 21.8 Å². The van der Waals surface area contributed by atoms with Crippen molar-refractivity contribution in [2.24, 2.45) is 5.73 Å². The first-order chi connectivity index (χ1) is 5.18. The Kier molecular flexibility index (Phi) is 2.53. The number of nitrogens with two attached hydrogens (primary N) is 1. The molecule has 58 valence electrons. The molecular formula is C6H6BrN3O. The third kappa shape index (κ3) is 2.63. The Labute approximate surface area is 72.0 Å². The van der Waals surface area contributed by atoms with Crippen LogP contribution < -0.4 is 5.73 Å². The predicted molar refractivity (Wildman–Crippen MR) is 42.6 cm³/mol. The topological polar surface area (TPSA) is 68.9 Å². The second-order valence-electron chi connectivity index (χ2n) is 1.96. The predicted octanol–water partition coefficient (Wildman–Crippen LogP) is 0.267. The molecule has 0 radical (unpaired) electrons. The van der Waals surface area contributed by atoms with E-state index in [-0.39, 0.29) is 6.42 Å². The Balaban J connectivity index is 2.74. The molecule has 0 unspecified atom stereocenters. The average Bonchev–Trinajstić information content (AvgIpc) is 1.93. The van der Waals surface area contributed by atoms with E-state index in [2.05, 4.69) is 25.9 Å². The molecule has 1 heterocycles. The van der Waals surface area contributed by atoms with Crippen molar-refractivity contribution in [2.75, 3.05) is 0 Å². The highest BCUT2D eigenvalue weighted by Crippen LogP contribution is 2.04. The number of carbonyl (C=O) groups is 1. The quantitative estimate of drug-likeness (QED) is 0.771. The van der Waals surface area contributed by atoms with Crippen LogP contribution in [0.2, 0.25) is 0 Å². The molecule has 5 heteroatoms. The number of primary amides is 1. The van der Waals surface area contributed by atoms with Crippen molar-refractivity contribution in [1.82, 2.24) is 9.97 Å². The third-order valence-electron chi connectivity index (χ3n) is 1.01. The Morgan fingerprint density at radius 3 is 2.55 bits per heavy atom. The first-order valence-corrected chi connectivity index (χ1v) is 3.72. The molecule has 0 aliphatic heterocycles. The van der Waals surface area contributed by atoms with E-state index >= 15 is 0 Å². The lowest BCUT2D eigenvalue weighted by atomic mass is 10.4. The standard InChI is InChI=1S/C6H6BrN3O/c7-4-2-9-6(10-3-4)1-5(8)11/h2-3H,1H2,(H2,8,11). The summed E-state index contributed by atoms with van der Waals surface area (Å²) in [6, 6.07) is 0. The molecule has 0 atom stereocenters. The van der Waals surface area contributed by atoms with Crippen LogP contribution in [0.1, 0.15) is 5.82 Å². The molecule has 0 saturated heterocycles. The first-order valence-electron chi connectivity index (χ1n) is 2.93. The number of amides is 1. The van der Waals surface area contributed by atoms with E-state index in [4.69, 9.17) is 5.73 Å². The minimum atomic E-state index is -0.424. The number of rotatable bonds is 2. The van der Waals surface area contributed by atoms with Crippen LogP contribution in [0, 0.1) is 0 Å². The fourth-order valence-electron chi connectivity index (χ4n) is 0.586. The van der Waals surface area contributed by atoms with Crippen LogP contribution in [0.3, 0.4) is 0 Å². The molecule has 0 bridgehead atoms. The third-order valence-corrected chi connectivity index (χ3v) is 1.42. The van der Waals surface area contributed by atoms with Crippen LogP contribution in [0.15, 0.2) is 16.9 Å². The zero-order chi connectivity index (χ0) is 8.27. The lowest BCUT2D eigenvalue weighted by Crippen LogP contribution is -2.15. The highest BCUT2D eigenvalue weighted by atomic mass is 79.9. The van der Waals surface area contributed by atoms with Crippen LogP contribution in [-0.4, -0.2) is 15.9 Å². The summed E-state index contributed by atoms with van der Waals surface area (Å²) >= 11 is 3.17. The van der Waals surface area contributed by atoms with Crippen LogP contribution >= 0.6 is 15.9 Å². The van der Waals surface area contributed by atoms with E-state index in [1.165, 1.54) is 0 Å². The van der Waals surface area contributed by atoms with E-state index in [0.717, 1.165) is 4.47 Å². The smallest absolute Gasteiger partial charge is 0.225 e. The van der Waals surface area contributed by atoms with Gasteiger partial charge < -0.3 is 5.73 Å². The highest BCUT2D eigenvalue weighted by Gasteiger charge is 1.99. The van der Waals surface area contributed by atoms with Crippen LogP contribution in [-0.2, 0) is 11.2 Å². The summed E-state index contributed by atoms with van der Waals surface area (Å²) in [6.07, 6.45) is 3.24. The van der Waals surface area contributed by atoms with Crippen molar-refractivity contribution in [3.05, 3.63) is 22.7 Å². The number of carbonyl (C=O) groups excluding carboxylic acids is 1. The van der Waals surface area contributed by atoms with E-state index in [1.54, 1.807) is 12.4 Å². The lowest BCUT2D eigenvalue weighted by molar-refractivity contribution is -0.117. The van der Waals surface area contributed by atoms with Gasteiger partial charge in [-0.25, -0.2) is 9.97 Å². The van der Waals surface area contributed by atoms with Crippen molar-refractivity contribution in [1.29, 1.82) is 0 Å². The molecule has 4 nitrogen and oxygen atoms in total. The molecule has 0 fully saturated rings. The molecule has 11 heavy (non-hydrogen) atoms. The molecule has 1 aromatic heterocycles. The maximum Gasteiger partial charge on any atom is 0.225 e. The first kappa shape index (κ1) is 8.13. The summed E-state index contributed by atoms with van der Waals surface area (Å²) in [5.41, 5.74) is 4.93. The molecule has 0 aromatic carbocycles. The lowest BCUT2D eigenvalue weighted by Gasteiger charge is -1.94. The molecule has 0 aliphatic rings. The Morgan fingerprint density at radius 1 is 1.55 bits per heavy atom. The minimum absolute atomic E-state index is 0.0906. The second-order valence-corrected chi connectivity index (χ2v) is 2.88. The normalized spacial score (nSPS) is 9.55. The number of halogens is 1. The number of aromatic nitrogens is 2. The maximum absolute atomic E-state index is 10.4. The van der Waals surface area contributed by atoms with E-state index < -0.39 is 5.91 Å². The van der Waals surface area contributed by atoms with Crippen molar-refractivity contribution in [3.8, 4) is 0 Å². The van der Waals surface area contributed by atoms with Crippen molar-refractivity contribution in [2.45, 2.75) is 6.42 Å². The van der Waals surface area contributed by atoms with E-state index in [9.17, 15) is 4.79 Å². The summed E-state index contributed by atoms with van der Waals surface area (Å²) in [7, 11) is 0. The summed E-state index contributed by atoms with van der Waals surface area (Å²) < 4.78 is 0.783. The molecule has 2 N–H and O–H groups in total. The average molecular weight is 216 g/mol. The van der Waals surface area contributed by atoms with Gasteiger partial charge in [0.15, 0.2) is 0 Å². The largest absolute Gasteiger partial charge is 0.369 e. The Hall–Kier alpha value is -0.970. The Bertz CT molecular complexity index is 259. The molecular weight excluding hydrogens is 210 g/mol. The fourth-order valence-corrected chi connectivity index (χ4v) is 0.791. The molecule has 1 aromatic rings. The zero-order valence-electron chi connectivity index (χ0n) is 5.62. The van der Waals surface area contributed by atoms with Gasteiger partial charge in [0.05, 0.1) is 10.9 Å². The highest BCUT2D eigenvalue weighted by molar-refractivity contribution is 9.10. The summed E-state index contributed by atoms with van der Waals surface area (Å²) in [5.74, 6) is 0.0213. The van der Waals surface area contributed by atoms with Gasteiger partial charge in [0, 0.05) is 12.4 Å². The van der Waals surface area contributed by atoms with E-state index in [1.807, 2.05) is 0 Å². The van der Waals surface area contributed by atoms with Gasteiger partial charge in [-0.15, -0.1) is 0 Å². The van der Waals surface area contributed by atoms with Gasteiger partial charge in [0.2, 0.25) is 5.91 Å². The maximum atomic E-state index is 10.4. The van der Waals surface area contributed by atoms with Gasteiger partial charge >= 0.3 is 0 Å². The van der Waals surface area contributed by atoms with Gasteiger partial charge in [0.25, 0.3) is 0 Å². The minimum Gasteiger partial charge on any atom is -0.369 e. The van der Waals surface area contributed by atoms with Crippen LogP contribution in [0.5, 0.6) is 0 Å². The zero-order valence-corrected chi connectivity index (χ0v) is 7.21. The summed E-state index contributed by atoms with van der Waals surface area (Å²) in [6.45, 7) is 0. The van der Waals surface area contributed by atoms with Crippen LogP contribution in [0.4, 0.5) is 0 Å². The van der Waals surface area contributed by atoms with Gasteiger partial charge in [0.1, 0.15) is 5.82 Å². The van der Waals surface area contributed by atoms with Crippen molar-refractivity contribution in [3.63, 3.8) is 0 Å². The van der Waals surface area contributed by atoms with Gasteiger partial charge in [-0.1, -0.05) is 0 Å². The second kappa shape index (κ2) is 3.43. The molecule has 1 rings (SSSR count). The number of hydrogen-bond donors (Lipinski definition) is 1. The molecule has 1 amide bonds. The molecule has 0 saturated carbocycles. The monoisotopic (exact) mass is 215 g/mol. The molecule has 0 aliphatic carbocycles. The van der Waals surface area contributed by atoms with Gasteiger partial charge in [-0.05, 0) is 15.9 Å². The van der Waals surface area contributed by atoms with Crippen molar-refractivity contribution < 1.29 is 4.79 Å².